The van der Waals surface area contributed by atoms with Crippen molar-refractivity contribution in [2.75, 3.05) is 33.3 Å². The van der Waals surface area contributed by atoms with Crippen LogP contribution in [0.4, 0.5) is 0 Å². The Morgan fingerprint density at radius 3 is 2.54 bits per heavy atom. The predicted octanol–water partition coefficient (Wildman–Crippen LogP) is 2.82. The summed E-state index contributed by atoms with van der Waals surface area (Å²) in [5.41, 5.74) is 6.24. The Bertz CT molecular complexity index is 708. The Kier molecular flexibility index (Phi) is 7.98. The summed E-state index contributed by atoms with van der Waals surface area (Å²) in [4.78, 5) is 29.6. The van der Waals surface area contributed by atoms with E-state index in [0.29, 0.717) is 54.7 Å². The highest BCUT2D eigenvalue weighted by atomic mass is 35.5. The highest BCUT2D eigenvalue weighted by Gasteiger charge is 2.37. The molecule has 0 spiro atoms. The van der Waals surface area contributed by atoms with Gasteiger partial charge in [-0.3, -0.25) is 9.59 Å². The lowest BCUT2D eigenvalue weighted by atomic mass is 9.94. The van der Waals surface area contributed by atoms with Crippen molar-refractivity contribution >= 4 is 35.8 Å². The molecule has 2 aliphatic heterocycles. The third-order valence-electron chi connectivity index (χ3n) is 5.80. The third kappa shape index (κ3) is 4.73. The van der Waals surface area contributed by atoms with Crippen LogP contribution in [0, 0.1) is 11.8 Å². The molecule has 0 saturated carbocycles. The Morgan fingerprint density at radius 2 is 1.96 bits per heavy atom. The number of hydrogen-bond donors (Lipinski definition) is 1. The fourth-order valence-corrected chi connectivity index (χ4v) is 4.37. The summed E-state index contributed by atoms with van der Waals surface area (Å²) in [5, 5.41) is 0.502. The number of nitrogens with two attached hydrogens (primary N) is 1. The minimum absolute atomic E-state index is 0. The van der Waals surface area contributed by atoms with Gasteiger partial charge in [-0.25, -0.2) is 0 Å². The molecule has 3 rings (SSSR count). The molecule has 2 N–H and O–H groups in total. The van der Waals surface area contributed by atoms with Crippen molar-refractivity contribution in [2.45, 2.75) is 32.2 Å². The molecule has 6 nitrogen and oxygen atoms in total. The number of likely N-dealkylation sites (tertiary alicyclic amines) is 2. The maximum Gasteiger partial charge on any atom is 0.257 e. The Morgan fingerprint density at radius 1 is 1.29 bits per heavy atom. The van der Waals surface area contributed by atoms with Crippen molar-refractivity contribution in [3.8, 4) is 5.75 Å². The minimum Gasteiger partial charge on any atom is -0.496 e. The minimum atomic E-state index is -0.0991. The topological polar surface area (TPSA) is 75.9 Å². The van der Waals surface area contributed by atoms with Crippen LogP contribution in [0.5, 0.6) is 5.75 Å². The van der Waals surface area contributed by atoms with Crippen LogP contribution in [-0.4, -0.2) is 60.9 Å². The Labute approximate surface area is 177 Å². The van der Waals surface area contributed by atoms with Gasteiger partial charge in [0.25, 0.3) is 5.91 Å². The molecular formula is C20H29Cl2N3O3. The highest BCUT2D eigenvalue weighted by Crippen LogP contribution is 2.29. The van der Waals surface area contributed by atoms with Crippen molar-refractivity contribution in [1.29, 1.82) is 0 Å². The first kappa shape index (κ1) is 22.8. The molecule has 2 heterocycles. The number of rotatable bonds is 4. The first-order valence-electron chi connectivity index (χ1n) is 9.58. The van der Waals surface area contributed by atoms with E-state index in [0.717, 1.165) is 13.0 Å². The number of amides is 2. The van der Waals surface area contributed by atoms with E-state index in [4.69, 9.17) is 22.1 Å². The summed E-state index contributed by atoms with van der Waals surface area (Å²) in [6.45, 7) is 4.61. The number of piperidine rings is 1. The zero-order valence-electron chi connectivity index (χ0n) is 16.4. The molecule has 2 aliphatic rings. The second-order valence-corrected chi connectivity index (χ2v) is 8.02. The summed E-state index contributed by atoms with van der Waals surface area (Å²) in [5.74, 6) is 1.01. The third-order valence-corrected chi connectivity index (χ3v) is 6.04. The first-order chi connectivity index (χ1) is 12.9. The van der Waals surface area contributed by atoms with Crippen LogP contribution < -0.4 is 10.5 Å². The lowest BCUT2D eigenvalue weighted by Crippen LogP contribution is -2.45. The van der Waals surface area contributed by atoms with Gasteiger partial charge in [-0.15, -0.1) is 12.4 Å². The van der Waals surface area contributed by atoms with E-state index in [1.165, 1.54) is 7.11 Å². The van der Waals surface area contributed by atoms with E-state index in [-0.39, 0.29) is 36.2 Å². The van der Waals surface area contributed by atoms with Crippen molar-refractivity contribution in [1.82, 2.24) is 9.80 Å². The van der Waals surface area contributed by atoms with Crippen LogP contribution in [0.3, 0.4) is 0 Å². The summed E-state index contributed by atoms with van der Waals surface area (Å²) in [6.07, 6.45) is 2.35. The molecule has 0 bridgehead atoms. The summed E-state index contributed by atoms with van der Waals surface area (Å²) in [6, 6.07) is 5.29. The molecule has 2 amide bonds. The molecule has 0 aromatic heterocycles. The number of hydrogen-bond acceptors (Lipinski definition) is 4. The van der Waals surface area contributed by atoms with Crippen molar-refractivity contribution in [3.05, 3.63) is 28.8 Å². The van der Waals surface area contributed by atoms with Gasteiger partial charge in [-0.2, -0.15) is 0 Å². The molecule has 8 heteroatoms. The molecule has 156 valence electrons. The molecule has 2 atom stereocenters. The fraction of sp³-hybridized carbons (Fsp3) is 0.600. The van der Waals surface area contributed by atoms with E-state index in [9.17, 15) is 9.59 Å². The Hall–Kier alpha value is -1.50. The standard InChI is InChI=1S/C20H28ClN3O3.ClH/c1-13-9-14(11-22)12-24(13)19(25)15-5-7-23(8-6-15)20(26)17-10-16(21)3-4-18(17)27-2;/h3-4,10,13-15H,5-9,11-12,22H2,1-2H3;1H. The predicted molar refractivity (Wildman–Crippen MR) is 112 cm³/mol. The van der Waals surface area contributed by atoms with E-state index in [2.05, 4.69) is 6.92 Å². The average Bonchev–Trinajstić information content (AvgIpc) is 3.07. The van der Waals surface area contributed by atoms with Crippen LogP contribution in [-0.2, 0) is 4.79 Å². The molecule has 2 saturated heterocycles. The molecule has 1 aromatic carbocycles. The van der Waals surface area contributed by atoms with Crippen LogP contribution in [0.1, 0.15) is 36.5 Å². The number of carbonyl (C=O) groups is 2. The van der Waals surface area contributed by atoms with Gasteiger partial charge in [0, 0.05) is 36.6 Å². The van der Waals surface area contributed by atoms with Gasteiger partial charge in [0.2, 0.25) is 5.91 Å². The van der Waals surface area contributed by atoms with Crippen molar-refractivity contribution < 1.29 is 14.3 Å². The maximum absolute atomic E-state index is 12.9. The summed E-state index contributed by atoms with van der Waals surface area (Å²) in [7, 11) is 1.54. The average molecular weight is 430 g/mol. The molecule has 0 aliphatic carbocycles. The van der Waals surface area contributed by atoms with E-state index >= 15 is 0 Å². The largest absolute Gasteiger partial charge is 0.496 e. The lowest BCUT2D eigenvalue weighted by Gasteiger charge is -2.34. The SMILES string of the molecule is COc1ccc(Cl)cc1C(=O)N1CCC(C(=O)N2CC(CN)CC2C)CC1.Cl. The first-order valence-corrected chi connectivity index (χ1v) is 9.95. The van der Waals surface area contributed by atoms with Crippen LogP contribution in [0.2, 0.25) is 5.02 Å². The van der Waals surface area contributed by atoms with Gasteiger partial charge in [0.05, 0.1) is 12.7 Å². The number of benzene rings is 1. The number of methoxy groups -OCH3 is 1. The molecule has 28 heavy (non-hydrogen) atoms. The summed E-state index contributed by atoms with van der Waals surface area (Å²) < 4.78 is 5.29. The van der Waals surface area contributed by atoms with Crippen LogP contribution >= 0.6 is 24.0 Å². The van der Waals surface area contributed by atoms with Gasteiger partial charge in [-0.1, -0.05) is 11.6 Å². The maximum atomic E-state index is 12.9. The summed E-state index contributed by atoms with van der Waals surface area (Å²) >= 11 is 6.05. The smallest absolute Gasteiger partial charge is 0.257 e. The normalized spacial score (nSPS) is 22.7. The van der Waals surface area contributed by atoms with Gasteiger partial charge >= 0.3 is 0 Å². The molecule has 2 unspecified atom stereocenters. The van der Waals surface area contributed by atoms with Gasteiger partial charge in [-0.05, 0) is 56.8 Å². The fourth-order valence-electron chi connectivity index (χ4n) is 4.20. The van der Waals surface area contributed by atoms with Gasteiger partial charge < -0.3 is 20.3 Å². The second-order valence-electron chi connectivity index (χ2n) is 7.59. The number of carbonyl (C=O) groups excluding carboxylic acids is 2. The second kappa shape index (κ2) is 9.81. The molecular weight excluding hydrogens is 401 g/mol. The van der Waals surface area contributed by atoms with Gasteiger partial charge in [0.1, 0.15) is 5.75 Å². The number of nitrogens with zero attached hydrogens (tertiary/aromatic N) is 2. The van der Waals surface area contributed by atoms with E-state index in [1.54, 1.807) is 23.1 Å². The van der Waals surface area contributed by atoms with E-state index < -0.39 is 0 Å². The lowest BCUT2D eigenvalue weighted by molar-refractivity contribution is -0.137. The van der Waals surface area contributed by atoms with Gasteiger partial charge in [0.15, 0.2) is 0 Å². The van der Waals surface area contributed by atoms with Crippen LogP contribution in [0.15, 0.2) is 18.2 Å². The monoisotopic (exact) mass is 429 g/mol. The molecule has 1 aromatic rings. The Balaban J connectivity index is 0.00000280. The highest BCUT2D eigenvalue weighted by molar-refractivity contribution is 6.31. The van der Waals surface area contributed by atoms with E-state index in [1.807, 2.05) is 4.90 Å². The molecule has 2 fully saturated rings. The zero-order valence-corrected chi connectivity index (χ0v) is 18.0. The zero-order chi connectivity index (χ0) is 19.6. The molecule has 0 radical (unpaired) electrons. The van der Waals surface area contributed by atoms with Crippen molar-refractivity contribution in [2.24, 2.45) is 17.6 Å². The van der Waals surface area contributed by atoms with Crippen LogP contribution in [0.25, 0.3) is 0 Å². The quantitative estimate of drug-likeness (QED) is 0.797. The number of halogens is 2. The van der Waals surface area contributed by atoms with Crippen molar-refractivity contribution in [3.63, 3.8) is 0 Å². The number of ether oxygens (including phenoxy) is 1.